The molecule has 3 aromatic rings. The van der Waals surface area contributed by atoms with Gasteiger partial charge in [-0.15, -0.1) is 0 Å². The summed E-state index contributed by atoms with van der Waals surface area (Å²) in [6.45, 7) is 0.366. The maximum atomic E-state index is 5.85. The van der Waals surface area contributed by atoms with E-state index in [0.29, 0.717) is 12.6 Å². The van der Waals surface area contributed by atoms with Gasteiger partial charge < -0.3 is 4.74 Å². The SMILES string of the molecule is NNc1nccc(COc2cccc3ccccc23)n1. The molecule has 3 N–H and O–H groups in total. The summed E-state index contributed by atoms with van der Waals surface area (Å²) in [5, 5.41) is 2.23. The maximum Gasteiger partial charge on any atom is 0.237 e. The number of nitrogens with one attached hydrogen (secondary N) is 1. The fraction of sp³-hybridized carbons (Fsp3) is 0.0667. The zero-order valence-electron chi connectivity index (χ0n) is 10.8. The van der Waals surface area contributed by atoms with E-state index in [2.05, 4.69) is 27.5 Å². The number of benzene rings is 2. The number of aromatic nitrogens is 2. The van der Waals surface area contributed by atoms with Crippen molar-refractivity contribution < 1.29 is 4.74 Å². The van der Waals surface area contributed by atoms with Crippen molar-refractivity contribution in [3.63, 3.8) is 0 Å². The van der Waals surface area contributed by atoms with E-state index in [1.807, 2.05) is 30.3 Å². The van der Waals surface area contributed by atoms with E-state index in [1.54, 1.807) is 12.3 Å². The number of nitrogens with two attached hydrogens (primary N) is 1. The third-order valence-corrected chi connectivity index (χ3v) is 2.97. The van der Waals surface area contributed by atoms with Crippen molar-refractivity contribution in [2.24, 2.45) is 5.84 Å². The van der Waals surface area contributed by atoms with E-state index in [1.165, 1.54) is 0 Å². The first-order chi connectivity index (χ1) is 9.86. The Bertz CT molecular complexity index is 724. The lowest BCUT2D eigenvalue weighted by molar-refractivity contribution is 0.305. The molecule has 0 aliphatic heterocycles. The lowest BCUT2D eigenvalue weighted by Gasteiger charge is -2.09. The van der Waals surface area contributed by atoms with Gasteiger partial charge in [0.25, 0.3) is 0 Å². The minimum atomic E-state index is 0.366. The number of rotatable bonds is 4. The van der Waals surface area contributed by atoms with Gasteiger partial charge in [-0.3, -0.25) is 5.43 Å². The van der Waals surface area contributed by atoms with Gasteiger partial charge in [0.15, 0.2) is 0 Å². The van der Waals surface area contributed by atoms with Crippen LogP contribution in [0.5, 0.6) is 5.75 Å². The van der Waals surface area contributed by atoms with E-state index in [4.69, 9.17) is 10.6 Å². The summed E-state index contributed by atoms with van der Waals surface area (Å²) in [6.07, 6.45) is 1.64. The molecular weight excluding hydrogens is 252 g/mol. The van der Waals surface area contributed by atoms with Gasteiger partial charge in [-0.1, -0.05) is 36.4 Å². The monoisotopic (exact) mass is 266 g/mol. The fourth-order valence-electron chi connectivity index (χ4n) is 2.02. The van der Waals surface area contributed by atoms with Crippen molar-refractivity contribution in [3.05, 3.63) is 60.4 Å². The molecule has 0 atom stereocenters. The van der Waals surface area contributed by atoms with Gasteiger partial charge >= 0.3 is 0 Å². The second kappa shape index (κ2) is 5.54. The van der Waals surface area contributed by atoms with Crippen molar-refractivity contribution in [2.75, 3.05) is 5.43 Å². The highest BCUT2D eigenvalue weighted by molar-refractivity contribution is 5.88. The molecule has 0 saturated carbocycles. The molecule has 0 saturated heterocycles. The molecule has 0 fully saturated rings. The molecule has 0 aliphatic carbocycles. The number of ether oxygens (including phenoxy) is 1. The summed E-state index contributed by atoms with van der Waals surface area (Å²) in [5.41, 5.74) is 3.18. The van der Waals surface area contributed by atoms with Gasteiger partial charge in [0.2, 0.25) is 5.95 Å². The molecule has 100 valence electrons. The van der Waals surface area contributed by atoms with Gasteiger partial charge in [-0.2, -0.15) is 0 Å². The van der Waals surface area contributed by atoms with Gasteiger partial charge in [0.05, 0.1) is 5.69 Å². The second-order valence-corrected chi connectivity index (χ2v) is 4.28. The zero-order valence-corrected chi connectivity index (χ0v) is 10.8. The van der Waals surface area contributed by atoms with E-state index in [9.17, 15) is 0 Å². The summed E-state index contributed by atoms with van der Waals surface area (Å²) in [6, 6.07) is 15.9. The number of hydrazine groups is 1. The predicted molar refractivity (Wildman–Crippen MR) is 78.1 cm³/mol. The van der Waals surface area contributed by atoms with Gasteiger partial charge in [0, 0.05) is 11.6 Å². The van der Waals surface area contributed by atoms with Gasteiger partial charge in [0.1, 0.15) is 12.4 Å². The molecule has 3 rings (SSSR count). The lowest BCUT2D eigenvalue weighted by Crippen LogP contribution is -2.11. The summed E-state index contributed by atoms with van der Waals surface area (Å²) in [5.74, 6) is 6.50. The zero-order chi connectivity index (χ0) is 13.8. The number of nitrogens with zero attached hydrogens (tertiary/aromatic N) is 2. The molecule has 5 nitrogen and oxygen atoms in total. The smallest absolute Gasteiger partial charge is 0.237 e. The van der Waals surface area contributed by atoms with Crippen LogP contribution in [0.2, 0.25) is 0 Å². The molecule has 0 amide bonds. The van der Waals surface area contributed by atoms with Gasteiger partial charge in [-0.05, 0) is 17.5 Å². The topological polar surface area (TPSA) is 73.1 Å². The molecule has 0 radical (unpaired) electrons. The van der Waals surface area contributed by atoms with Crippen molar-refractivity contribution >= 4 is 16.7 Å². The van der Waals surface area contributed by atoms with Crippen molar-refractivity contribution in [1.82, 2.24) is 9.97 Å². The number of hydrogen-bond donors (Lipinski definition) is 2. The average Bonchev–Trinajstić information content (AvgIpc) is 2.53. The van der Waals surface area contributed by atoms with E-state index in [-0.39, 0.29) is 0 Å². The molecule has 0 spiro atoms. The largest absolute Gasteiger partial charge is 0.487 e. The number of fused-ring (bicyclic) bond motifs is 1. The van der Waals surface area contributed by atoms with Crippen LogP contribution in [0.4, 0.5) is 5.95 Å². The summed E-state index contributed by atoms with van der Waals surface area (Å²) in [4.78, 5) is 8.17. The highest BCUT2D eigenvalue weighted by Crippen LogP contribution is 2.25. The first-order valence-corrected chi connectivity index (χ1v) is 6.26. The Morgan fingerprint density at radius 2 is 1.90 bits per heavy atom. The molecule has 5 heteroatoms. The number of nitrogen functional groups attached to an aromatic ring is 1. The van der Waals surface area contributed by atoms with Crippen molar-refractivity contribution in [2.45, 2.75) is 6.61 Å². The van der Waals surface area contributed by atoms with Crippen molar-refractivity contribution in [1.29, 1.82) is 0 Å². The first kappa shape index (κ1) is 12.4. The molecule has 20 heavy (non-hydrogen) atoms. The Labute approximate surface area is 116 Å². The minimum absolute atomic E-state index is 0.366. The van der Waals surface area contributed by atoms with Gasteiger partial charge in [-0.25, -0.2) is 15.8 Å². The standard InChI is InChI=1S/C15H14N4O/c16-19-15-17-9-8-12(18-15)10-20-14-7-3-5-11-4-1-2-6-13(11)14/h1-9H,10,16H2,(H,17,18,19). The lowest BCUT2D eigenvalue weighted by atomic mass is 10.1. The normalized spacial score (nSPS) is 10.4. The van der Waals surface area contributed by atoms with Crippen molar-refractivity contribution in [3.8, 4) is 5.75 Å². The quantitative estimate of drug-likeness (QED) is 0.560. The highest BCUT2D eigenvalue weighted by Gasteiger charge is 2.03. The number of hydrogen-bond acceptors (Lipinski definition) is 5. The summed E-state index contributed by atoms with van der Waals surface area (Å²) < 4.78 is 5.85. The first-order valence-electron chi connectivity index (χ1n) is 6.26. The molecule has 1 heterocycles. The molecular formula is C15H14N4O. The molecule has 0 unspecified atom stereocenters. The average molecular weight is 266 g/mol. The highest BCUT2D eigenvalue weighted by atomic mass is 16.5. The van der Waals surface area contributed by atoms with Crippen LogP contribution in [0, 0.1) is 0 Å². The Balaban J connectivity index is 1.83. The Morgan fingerprint density at radius 1 is 1.05 bits per heavy atom. The summed E-state index contributed by atoms with van der Waals surface area (Å²) >= 11 is 0. The summed E-state index contributed by atoms with van der Waals surface area (Å²) in [7, 11) is 0. The molecule has 2 aromatic carbocycles. The van der Waals surface area contributed by atoms with Crippen LogP contribution in [-0.2, 0) is 6.61 Å². The van der Waals surface area contributed by atoms with Crippen LogP contribution in [0.15, 0.2) is 54.7 Å². The third-order valence-electron chi connectivity index (χ3n) is 2.97. The maximum absolute atomic E-state index is 5.85. The Hall–Kier alpha value is -2.66. The molecule has 1 aromatic heterocycles. The molecule has 0 bridgehead atoms. The van der Waals surface area contributed by atoms with Crippen LogP contribution in [0.1, 0.15) is 5.69 Å². The van der Waals surface area contributed by atoms with Crippen LogP contribution >= 0.6 is 0 Å². The van der Waals surface area contributed by atoms with Crippen LogP contribution in [0.3, 0.4) is 0 Å². The minimum Gasteiger partial charge on any atom is -0.487 e. The Kier molecular flexibility index (Phi) is 3.43. The second-order valence-electron chi connectivity index (χ2n) is 4.28. The van der Waals surface area contributed by atoms with Crippen LogP contribution < -0.4 is 16.0 Å². The molecule has 0 aliphatic rings. The van der Waals surface area contributed by atoms with Crippen LogP contribution in [-0.4, -0.2) is 9.97 Å². The van der Waals surface area contributed by atoms with E-state index in [0.717, 1.165) is 22.2 Å². The third kappa shape index (κ3) is 2.53. The van der Waals surface area contributed by atoms with E-state index >= 15 is 0 Å². The van der Waals surface area contributed by atoms with Crippen LogP contribution in [0.25, 0.3) is 10.8 Å². The Morgan fingerprint density at radius 3 is 2.80 bits per heavy atom. The number of anilines is 1. The predicted octanol–water partition coefficient (Wildman–Crippen LogP) is 2.49. The fourth-order valence-corrected chi connectivity index (χ4v) is 2.02. The van der Waals surface area contributed by atoms with E-state index < -0.39 is 0 Å².